The highest BCUT2D eigenvalue weighted by molar-refractivity contribution is 7.14. The molecule has 0 radical (unpaired) electrons. The average Bonchev–Trinajstić information content (AvgIpc) is 3.11. The number of carbonyl (C=O) groups excluding carboxylic acids is 1. The summed E-state index contributed by atoms with van der Waals surface area (Å²) in [6.07, 6.45) is 5.14. The zero-order chi connectivity index (χ0) is 14.8. The monoisotopic (exact) mass is 298 g/mol. The van der Waals surface area contributed by atoms with E-state index in [0.29, 0.717) is 16.4 Å². The molecule has 0 fully saturated rings. The molecule has 0 aliphatic rings. The van der Waals surface area contributed by atoms with Crippen molar-refractivity contribution in [3.63, 3.8) is 0 Å². The van der Waals surface area contributed by atoms with Gasteiger partial charge in [0.2, 0.25) is 0 Å². The van der Waals surface area contributed by atoms with Crippen LogP contribution in [0.1, 0.15) is 20.1 Å². The second kappa shape index (κ2) is 5.49. The SMILES string of the molecule is Cc1cc(C(=O)Nc2ccc(-n3cccn3)nc2)sc1C. The van der Waals surface area contributed by atoms with Crippen molar-refractivity contribution in [1.29, 1.82) is 0 Å². The quantitative estimate of drug-likeness (QED) is 0.807. The fraction of sp³-hybridized carbons (Fsp3) is 0.133. The first-order chi connectivity index (χ1) is 10.1. The first-order valence-corrected chi connectivity index (χ1v) is 7.29. The van der Waals surface area contributed by atoms with Crippen molar-refractivity contribution < 1.29 is 4.79 Å². The van der Waals surface area contributed by atoms with E-state index in [1.165, 1.54) is 11.3 Å². The van der Waals surface area contributed by atoms with Crippen molar-refractivity contribution in [1.82, 2.24) is 14.8 Å². The van der Waals surface area contributed by atoms with E-state index in [9.17, 15) is 4.79 Å². The molecule has 3 rings (SSSR count). The molecule has 21 heavy (non-hydrogen) atoms. The Labute approximate surface area is 126 Å². The molecule has 0 spiro atoms. The van der Waals surface area contributed by atoms with Gasteiger partial charge in [0.25, 0.3) is 5.91 Å². The standard InChI is InChI=1S/C15H14N4OS/c1-10-8-13(21-11(10)2)15(20)18-12-4-5-14(16-9-12)19-7-3-6-17-19/h3-9H,1-2H3,(H,18,20). The topological polar surface area (TPSA) is 59.8 Å². The minimum absolute atomic E-state index is 0.107. The number of aromatic nitrogens is 3. The summed E-state index contributed by atoms with van der Waals surface area (Å²) in [6, 6.07) is 7.36. The highest BCUT2D eigenvalue weighted by Crippen LogP contribution is 2.21. The number of hydrogen-bond acceptors (Lipinski definition) is 4. The molecule has 0 atom stereocenters. The molecule has 0 saturated heterocycles. The molecule has 0 bridgehead atoms. The van der Waals surface area contributed by atoms with Crippen LogP contribution in [0, 0.1) is 13.8 Å². The molecule has 0 aromatic carbocycles. The number of anilines is 1. The highest BCUT2D eigenvalue weighted by atomic mass is 32.1. The molecule has 1 N–H and O–H groups in total. The van der Waals surface area contributed by atoms with E-state index < -0.39 is 0 Å². The molecule has 0 saturated carbocycles. The van der Waals surface area contributed by atoms with E-state index in [0.717, 1.165) is 10.4 Å². The van der Waals surface area contributed by atoms with Crippen molar-refractivity contribution in [3.05, 3.63) is 58.2 Å². The van der Waals surface area contributed by atoms with Crippen LogP contribution in [0.15, 0.2) is 42.9 Å². The van der Waals surface area contributed by atoms with Gasteiger partial charge in [0, 0.05) is 17.3 Å². The van der Waals surface area contributed by atoms with Crippen LogP contribution in [0.5, 0.6) is 0 Å². The number of hydrogen-bond donors (Lipinski definition) is 1. The first kappa shape index (κ1) is 13.5. The maximum Gasteiger partial charge on any atom is 0.265 e. The molecule has 6 heteroatoms. The number of nitrogens with one attached hydrogen (secondary N) is 1. The molecular weight excluding hydrogens is 284 g/mol. The Morgan fingerprint density at radius 3 is 2.76 bits per heavy atom. The lowest BCUT2D eigenvalue weighted by molar-refractivity contribution is 0.103. The minimum Gasteiger partial charge on any atom is -0.320 e. The molecule has 1 amide bonds. The van der Waals surface area contributed by atoms with Crippen LogP contribution in [0.4, 0.5) is 5.69 Å². The molecule has 0 aliphatic heterocycles. The number of thiophene rings is 1. The second-order valence-corrected chi connectivity index (χ2v) is 5.92. The Balaban J connectivity index is 1.74. The van der Waals surface area contributed by atoms with Crippen molar-refractivity contribution >= 4 is 22.9 Å². The Hall–Kier alpha value is -2.47. The normalized spacial score (nSPS) is 10.6. The number of nitrogens with zero attached hydrogens (tertiary/aromatic N) is 3. The number of rotatable bonds is 3. The zero-order valence-electron chi connectivity index (χ0n) is 11.7. The zero-order valence-corrected chi connectivity index (χ0v) is 12.5. The largest absolute Gasteiger partial charge is 0.320 e. The van der Waals surface area contributed by atoms with Gasteiger partial charge in [-0.3, -0.25) is 4.79 Å². The van der Waals surface area contributed by atoms with Gasteiger partial charge in [-0.2, -0.15) is 5.10 Å². The summed E-state index contributed by atoms with van der Waals surface area (Å²) in [5, 5.41) is 6.96. The fourth-order valence-electron chi connectivity index (χ4n) is 1.88. The maximum absolute atomic E-state index is 12.1. The Morgan fingerprint density at radius 1 is 1.33 bits per heavy atom. The van der Waals surface area contributed by atoms with Crippen LogP contribution in [-0.2, 0) is 0 Å². The van der Waals surface area contributed by atoms with Crippen LogP contribution in [0.2, 0.25) is 0 Å². The summed E-state index contributed by atoms with van der Waals surface area (Å²) in [5.41, 5.74) is 1.80. The van der Waals surface area contributed by atoms with Crippen molar-refractivity contribution in [2.75, 3.05) is 5.32 Å². The highest BCUT2D eigenvalue weighted by Gasteiger charge is 2.11. The summed E-state index contributed by atoms with van der Waals surface area (Å²) in [7, 11) is 0. The lowest BCUT2D eigenvalue weighted by Crippen LogP contribution is -2.10. The van der Waals surface area contributed by atoms with Crippen molar-refractivity contribution in [3.8, 4) is 5.82 Å². The van der Waals surface area contributed by atoms with E-state index >= 15 is 0 Å². The Kier molecular flexibility index (Phi) is 3.53. The number of amides is 1. The van der Waals surface area contributed by atoms with Crippen LogP contribution in [-0.4, -0.2) is 20.7 Å². The van der Waals surface area contributed by atoms with E-state index in [2.05, 4.69) is 15.4 Å². The molecule has 0 unspecified atom stereocenters. The van der Waals surface area contributed by atoms with E-state index in [4.69, 9.17) is 0 Å². The average molecular weight is 298 g/mol. The summed E-state index contributed by atoms with van der Waals surface area (Å²) < 4.78 is 1.66. The predicted octanol–water partition coefficient (Wildman–Crippen LogP) is 3.20. The molecule has 3 heterocycles. The number of aryl methyl sites for hydroxylation is 2. The Morgan fingerprint density at radius 2 is 2.19 bits per heavy atom. The van der Waals surface area contributed by atoms with Gasteiger partial charge in [-0.1, -0.05) is 0 Å². The lowest BCUT2D eigenvalue weighted by atomic mass is 10.3. The van der Waals surface area contributed by atoms with Gasteiger partial charge in [0.1, 0.15) is 0 Å². The second-order valence-electron chi connectivity index (χ2n) is 4.66. The molecular formula is C15H14N4OS. The van der Waals surface area contributed by atoms with Crippen LogP contribution < -0.4 is 5.32 Å². The summed E-state index contributed by atoms with van der Waals surface area (Å²) in [5.74, 6) is 0.602. The van der Waals surface area contributed by atoms with E-state index in [-0.39, 0.29) is 5.91 Å². The van der Waals surface area contributed by atoms with Crippen LogP contribution >= 0.6 is 11.3 Å². The maximum atomic E-state index is 12.1. The summed E-state index contributed by atoms with van der Waals surface area (Å²) in [4.78, 5) is 18.3. The van der Waals surface area contributed by atoms with Gasteiger partial charge < -0.3 is 5.32 Å². The molecule has 3 aromatic heterocycles. The number of carbonyl (C=O) groups is 1. The first-order valence-electron chi connectivity index (χ1n) is 6.48. The van der Waals surface area contributed by atoms with Gasteiger partial charge >= 0.3 is 0 Å². The summed E-state index contributed by atoms with van der Waals surface area (Å²) >= 11 is 1.50. The smallest absolute Gasteiger partial charge is 0.265 e. The molecule has 3 aromatic rings. The third-order valence-corrected chi connectivity index (χ3v) is 4.29. The predicted molar refractivity (Wildman–Crippen MR) is 83.1 cm³/mol. The molecule has 5 nitrogen and oxygen atoms in total. The van der Waals surface area contributed by atoms with E-state index in [1.54, 1.807) is 17.1 Å². The van der Waals surface area contributed by atoms with E-state index in [1.807, 2.05) is 44.3 Å². The van der Waals surface area contributed by atoms with Gasteiger partial charge in [-0.15, -0.1) is 11.3 Å². The van der Waals surface area contributed by atoms with Gasteiger partial charge in [-0.25, -0.2) is 9.67 Å². The third kappa shape index (κ3) is 2.85. The lowest BCUT2D eigenvalue weighted by Gasteiger charge is -2.04. The third-order valence-electron chi connectivity index (χ3n) is 3.13. The fourth-order valence-corrected chi connectivity index (χ4v) is 2.81. The Bertz CT molecular complexity index is 740. The van der Waals surface area contributed by atoms with Gasteiger partial charge in [0.05, 0.1) is 16.8 Å². The number of pyridine rings is 1. The van der Waals surface area contributed by atoms with Crippen LogP contribution in [0.3, 0.4) is 0 Å². The van der Waals surface area contributed by atoms with Gasteiger partial charge in [0.15, 0.2) is 5.82 Å². The van der Waals surface area contributed by atoms with Crippen LogP contribution in [0.25, 0.3) is 5.82 Å². The van der Waals surface area contributed by atoms with Gasteiger partial charge in [-0.05, 0) is 43.7 Å². The summed E-state index contributed by atoms with van der Waals surface area (Å²) in [6.45, 7) is 4.01. The van der Waals surface area contributed by atoms with Crippen molar-refractivity contribution in [2.24, 2.45) is 0 Å². The molecule has 0 aliphatic carbocycles. The molecule has 106 valence electrons. The van der Waals surface area contributed by atoms with Crippen molar-refractivity contribution in [2.45, 2.75) is 13.8 Å². The minimum atomic E-state index is -0.107.